The van der Waals surface area contributed by atoms with Crippen molar-refractivity contribution in [2.75, 3.05) is 7.11 Å². The Morgan fingerprint density at radius 3 is 2.75 bits per heavy atom. The minimum absolute atomic E-state index is 0.0680. The molecule has 0 saturated carbocycles. The first-order valence-corrected chi connectivity index (χ1v) is 5.47. The fourth-order valence-electron chi connectivity index (χ4n) is 1.40. The number of hydrogen-bond donors (Lipinski definition) is 0. The van der Waals surface area contributed by atoms with Crippen LogP contribution in [0.2, 0.25) is 0 Å². The van der Waals surface area contributed by atoms with Gasteiger partial charge in [0.05, 0.1) is 18.1 Å². The predicted molar refractivity (Wildman–Crippen MR) is 63.3 cm³/mol. The Morgan fingerprint density at radius 2 is 2.25 bits per heavy atom. The zero-order valence-corrected chi connectivity index (χ0v) is 10.0. The first kappa shape index (κ1) is 12.8. The standard InChI is InChI=1S/C11H14ClNO3/c1-3-9(12)6-8-4-5-10(16-2)7-11(8)13(14)15/h4-5,7,9H,3,6H2,1-2H3. The van der Waals surface area contributed by atoms with Crippen molar-refractivity contribution in [3.05, 3.63) is 33.9 Å². The van der Waals surface area contributed by atoms with Gasteiger partial charge in [-0.2, -0.15) is 0 Å². The molecule has 88 valence electrons. The number of rotatable bonds is 5. The zero-order chi connectivity index (χ0) is 12.1. The fourth-order valence-corrected chi connectivity index (χ4v) is 1.56. The van der Waals surface area contributed by atoms with E-state index in [-0.39, 0.29) is 11.1 Å². The molecule has 1 rings (SSSR count). The maximum Gasteiger partial charge on any atom is 0.276 e. The van der Waals surface area contributed by atoms with E-state index in [0.717, 1.165) is 6.42 Å². The topological polar surface area (TPSA) is 52.4 Å². The van der Waals surface area contributed by atoms with Gasteiger partial charge in [0.15, 0.2) is 0 Å². The van der Waals surface area contributed by atoms with Crippen molar-refractivity contribution in [2.45, 2.75) is 25.1 Å². The fraction of sp³-hybridized carbons (Fsp3) is 0.455. The largest absolute Gasteiger partial charge is 0.497 e. The van der Waals surface area contributed by atoms with Gasteiger partial charge in [0, 0.05) is 10.9 Å². The first-order chi connectivity index (χ1) is 7.58. The lowest BCUT2D eigenvalue weighted by atomic mass is 10.1. The number of alkyl halides is 1. The Bertz CT molecular complexity index is 381. The van der Waals surface area contributed by atoms with Gasteiger partial charge in [-0.15, -0.1) is 11.6 Å². The normalized spacial score (nSPS) is 12.2. The van der Waals surface area contributed by atoms with Gasteiger partial charge in [-0.05, 0) is 25.0 Å². The van der Waals surface area contributed by atoms with Crippen LogP contribution in [0.1, 0.15) is 18.9 Å². The number of nitro benzene ring substituents is 1. The van der Waals surface area contributed by atoms with Gasteiger partial charge < -0.3 is 4.74 Å². The number of halogens is 1. The van der Waals surface area contributed by atoms with E-state index in [4.69, 9.17) is 16.3 Å². The van der Waals surface area contributed by atoms with Crippen molar-refractivity contribution in [3.63, 3.8) is 0 Å². The molecule has 1 unspecified atom stereocenters. The summed E-state index contributed by atoms with van der Waals surface area (Å²) in [5.74, 6) is 0.484. The van der Waals surface area contributed by atoms with E-state index in [0.29, 0.717) is 17.7 Å². The van der Waals surface area contributed by atoms with Crippen LogP contribution in [-0.2, 0) is 6.42 Å². The summed E-state index contributed by atoms with van der Waals surface area (Å²) in [5.41, 5.74) is 0.714. The molecule has 0 fully saturated rings. The van der Waals surface area contributed by atoms with Crippen molar-refractivity contribution >= 4 is 17.3 Å². The lowest BCUT2D eigenvalue weighted by Crippen LogP contribution is -2.04. The third-order valence-electron chi connectivity index (χ3n) is 2.37. The average Bonchev–Trinajstić information content (AvgIpc) is 2.29. The number of hydrogen-bond acceptors (Lipinski definition) is 3. The predicted octanol–water partition coefficient (Wildman–Crippen LogP) is 3.16. The van der Waals surface area contributed by atoms with Crippen LogP contribution in [0.25, 0.3) is 0 Å². The molecule has 0 aliphatic carbocycles. The third-order valence-corrected chi connectivity index (χ3v) is 2.84. The smallest absolute Gasteiger partial charge is 0.276 e. The Hall–Kier alpha value is -1.29. The molecule has 0 heterocycles. The summed E-state index contributed by atoms with van der Waals surface area (Å²) < 4.78 is 4.95. The molecular weight excluding hydrogens is 230 g/mol. The highest BCUT2D eigenvalue weighted by molar-refractivity contribution is 6.20. The Labute approximate surface area is 99.3 Å². The van der Waals surface area contributed by atoms with E-state index in [1.807, 2.05) is 6.92 Å². The zero-order valence-electron chi connectivity index (χ0n) is 9.27. The van der Waals surface area contributed by atoms with Crippen LogP contribution in [0.3, 0.4) is 0 Å². The SMILES string of the molecule is CCC(Cl)Cc1ccc(OC)cc1[N+](=O)[O-]. The van der Waals surface area contributed by atoms with Gasteiger partial charge in [-0.1, -0.05) is 6.92 Å². The summed E-state index contributed by atoms with van der Waals surface area (Å²) in [6.45, 7) is 1.95. The average molecular weight is 244 g/mol. The number of nitro groups is 1. The first-order valence-electron chi connectivity index (χ1n) is 5.03. The van der Waals surface area contributed by atoms with Crippen molar-refractivity contribution in [2.24, 2.45) is 0 Å². The Morgan fingerprint density at radius 1 is 1.56 bits per heavy atom. The summed E-state index contributed by atoms with van der Waals surface area (Å²) >= 11 is 6.00. The highest BCUT2D eigenvalue weighted by Crippen LogP contribution is 2.26. The van der Waals surface area contributed by atoms with E-state index in [2.05, 4.69) is 0 Å². The Balaban J connectivity index is 3.03. The third kappa shape index (κ3) is 3.10. The minimum Gasteiger partial charge on any atom is -0.497 e. The second-order valence-electron chi connectivity index (χ2n) is 3.46. The summed E-state index contributed by atoms with van der Waals surface area (Å²) in [5, 5.41) is 10.8. The minimum atomic E-state index is -0.406. The second-order valence-corrected chi connectivity index (χ2v) is 4.08. The van der Waals surface area contributed by atoms with E-state index in [9.17, 15) is 10.1 Å². The molecule has 0 saturated heterocycles. The van der Waals surface area contributed by atoms with E-state index >= 15 is 0 Å². The molecule has 0 radical (unpaired) electrons. The van der Waals surface area contributed by atoms with Crippen LogP contribution in [0, 0.1) is 10.1 Å². The van der Waals surface area contributed by atoms with Crippen LogP contribution in [0.5, 0.6) is 5.75 Å². The molecule has 0 spiro atoms. The summed E-state index contributed by atoms with van der Waals surface area (Å²) in [6, 6.07) is 4.83. The molecule has 16 heavy (non-hydrogen) atoms. The molecule has 0 aliphatic heterocycles. The van der Waals surface area contributed by atoms with Crippen molar-refractivity contribution in [1.29, 1.82) is 0 Å². The maximum atomic E-state index is 10.9. The highest BCUT2D eigenvalue weighted by atomic mass is 35.5. The quantitative estimate of drug-likeness (QED) is 0.453. The van der Waals surface area contributed by atoms with Gasteiger partial charge in [-0.25, -0.2) is 0 Å². The second kappa shape index (κ2) is 5.70. The molecule has 5 heteroatoms. The van der Waals surface area contributed by atoms with Gasteiger partial charge in [-0.3, -0.25) is 10.1 Å². The van der Waals surface area contributed by atoms with Crippen LogP contribution in [-0.4, -0.2) is 17.4 Å². The van der Waals surface area contributed by atoms with Crippen LogP contribution >= 0.6 is 11.6 Å². The number of ether oxygens (including phenoxy) is 1. The van der Waals surface area contributed by atoms with Crippen molar-refractivity contribution in [3.8, 4) is 5.75 Å². The molecule has 0 bridgehead atoms. The van der Waals surface area contributed by atoms with Crippen molar-refractivity contribution in [1.82, 2.24) is 0 Å². The van der Waals surface area contributed by atoms with E-state index in [1.54, 1.807) is 12.1 Å². The van der Waals surface area contributed by atoms with Crippen LogP contribution in [0.15, 0.2) is 18.2 Å². The molecule has 4 nitrogen and oxygen atoms in total. The van der Waals surface area contributed by atoms with Crippen molar-refractivity contribution < 1.29 is 9.66 Å². The lowest BCUT2D eigenvalue weighted by molar-refractivity contribution is -0.385. The molecule has 0 amide bonds. The van der Waals surface area contributed by atoms with E-state index in [1.165, 1.54) is 13.2 Å². The number of nitrogens with zero attached hydrogens (tertiary/aromatic N) is 1. The molecular formula is C11H14ClNO3. The summed E-state index contributed by atoms with van der Waals surface area (Å²) in [4.78, 5) is 10.5. The molecule has 1 atom stereocenters. The molecule has 0 aromatic heterocycles. The molecule has 1 aromatic carbocycles. The van der Waals surface area contributed by atoms with Gasteiger partial charge in [0.25, 0.3) is 5.69 Å². The number of benzene rings is 1. The number of methoxy groups -OCH3 is 1. The molecule has 0 aliphatic rings. The van der Waals surface area contributed by atoms with Gasteiger partial charge in [0.1, 0.15) is 5.75 Å². The summed E-state index contributed by atoms with van der Waals surface area (Å²) in [7, 11) is 1.48. The summed E-state index contributed by atoms with van der Waals surface area (Å²) in [6.07, 6.45) is 1.28. The van der Waals surface area contributed by atoms with Gasteiger partial charge in [0.2, 0.25) is 0 Å². The molecule has 0 N–H and O–H groups in total. The monoisotopic (exact) mass is 243 g/mol. The molecule has 1 aromatic rings. The van der Waals surface area contributed by atoms with E-state index < -0.39 is 4.92 Å². The highest BCUT2D eigenvalue weighted by Gasteiger charge is 2.17. The lowest BCUT2D eigenvalue weighted by Gasteiger charge is -2.08. The van der Waals surface area contributed by atoms with Crippen LogP contribution in [0.4, 0.5) is 5.69 Å². The van der Waals surface area contributed by atoms with Crippen LogP contribution < -0.4 is 4.74 Å². The Kier molecular flexibility index (Phi) is 4.55. The van der Waals surface area contributed by atoms with Gasteiger partial charge >= 0.3 is 0 Å². The maximum absolute atomic E-state index is 10.9.